The number of sulfonamides is 1. The molecule has 0 aliphatic rings. The molecule has 0 radical (unpaired) electrons. The first-order valence-electron chi connectivity index (χ1n) is 4.65. The maximum atomic E-state index is 11.6. The van der Waals surface area contributed by atoms with Crippen molar-refractivity contribution >= 4 is 16.3 Å². The predicted molar refractivity (Wildman–Crippen MR) is 57.8 cm³/mol. The quantitative estimate of drug-likeness (QED) is 0.711. The van der Waals surface area contributed by atoms with E-state index in [0.29, 0.717) is 12.8 Å². The number of hydrogen-bond acceptors (Lipinski definition) is 5. The molecule has 1 heterocycles. The Balaban J connectivity index is 2.66. The molecule has 0 aliphatic heterocycles. The molecule has 0 saturated heterocycles. The predicted octanol–water partition coefficient (Wildman–Crippen LogP) is -0.0680. The number of carbonyl (C=O) groups excluding carboxylic acids is 1. The normalized spacial score (nSPS) is 11.9. The Bertz CT molecular complexity index is 450. The summed E-state index contributed by atoms with van der Waals surface area (Å²) in [5.41, 5.74) is 0. The van der Waals surface area contributed by atoms with Crippen LogP contribution in [0.15, 0.2) is 21.6 Å². The zero-order valence-electron chi connectivity index (χ0n) is 9.13. The second-order valence-electron chi connectivity index (χ2n) is 3.48. The van der Waals surface area contributed by atoms with Crippen LogP contribution in [0.3, 0.4) is 0 Å². The van der Waals surface area contributed by atoms with Gasteiger partial charge in [-0.05, 0) is 26.2 Å². The average Bonchev–Trinajstić information content (AvgIpc) is 2.65. The Hall–Kier alpha value is -1.18. The highest BCUT2D eigenvalue weighted by Gasteiger charge is 2.17. The van der Waals surface area contributed by atoms with Crippen LogP contribution in [-0.4, -0.2) is 46.8 Å². The van der Waals surface area contributed by atoms with E-state index in [2.05, 4.69) is 4.72 Å². The van der Waals surface area contributed by atoms with Crippen molar-refractivity contribution in [2.24, 2.45) is 0 Å². The van der Waals surface area contributed by atoms with Crippen molar-refractivity contribution in [1.29, 1.82) is 0 Å². The van der Waals surface area contributed by atoms with Gasteiger partial charge in [-0.3, -0.25) is 4.79 Å². The number of furan rings is 1. The minimum Gasteiger partial charge on any atom is -0.440 e. The standard InChI is InChI=1S/C9H14N2O4S/c1-11(2)6-5-10-16(13,14)9-4-3-8(7-12)15-9/h3-4,7,10H,5-6H2,1-2H3. The van der Waals surface area contributed by atoms with E-state index >= 15 is 0 Å². The van der Waals surface area contributed by atoms with E-state index in [1.807, 2.05) is 19.0 Å². The van der Waals surface area contributed by atoms with E-state index < -0.39 is 10.0 Å². The summed E-state index contributed by atoms with van der Waals surface area (Å²) in [5.74, 6) is -0.00650. The van der Waals surface area contributed by atoms with Crippen LogP contribution in [-0.2, 0) is 10.0 Å². The molecule has 1 N–H and O–H groups in total. The summed E-state index contributed by atoms with van der Waals surface area (Å²) in [6.45, 7) is 0.868. The Kier molecular flexibility index (Phi) is 4.22. The number of nitrogens with zero attached hydrogens (tertiary/aromatic N) is 1. The number of aldehydes is 1. The lowest BCUT2D eigenvalue weighted by molar-refractivity contribution is 0.109. The van der Waals surface area contributed by atoms with Gasteiger partial charge in [0.1, 0.15) is 0 Å². The van der Waals surface area contributed by atoms with Crippen molar-refractivity contribution in [3.8, 4) is 0 Å². The summed E-state index contributed by atoms with van der Waals surface area (Å²) in [4.78, 5) is 12.2. The molecule has 0 amide bonds. The molecule has 0 fully saturated rings. The summed E-state index contributed by atoms with van der Waals surface area (Å²) >= 11 is 0. The van der Waals surface area contributed by atoms with Crippen molar-refractivity contribution in [2.75, 3.05) is 27.2 Å². The lowest BCUT2D eigenvalue weighted by Gasteiger charge is -2.09. The molecule has 7 heteroatoms. The van der Waals surface area contributed by atoms with Crippen LogP contribution in [0.2, 0.25) is 0 Å². The number of likely N-dealkylation sites (N-methyl/N-ethyl adjacent to an activating group) is 1. The molecule has 0 unspecified atom stereocenters. The van der Waals surface area contributed by atoms with Crippen molar-refractivity contribution in [3.05, 3.63) is 17.9 Å². The van der Waals surface area contributed by atoms with Gasteiger partial charge in [-0.15, -0.1) is 0 Å². The van der Waals surface area contributed by atoms with Crippen LogP contribution in [0.25, 0.3) is 0 Å². The zero-order chi connectivity index (χ0) is 12.2. The molecular formula is C9H14N2O4S. The van der Waals surface area contributed by atoms with Gasteiger partial charge >= 0.3 is 0 Å². The second kappa shape index (κ2) is 5.24. The highest BCUT2D eigenvalue weighted by molar-refractivity contribution is 7.89. The molecule has 1 rings (SSSR count). The smallest absolute Gasteiger partial charge is 0.274 e. The number of hydrogen-bond donors (Lipinski definition) is 1. The maximum Gasteiger partial charge on any atom is 0.274 e. The van der Waals surface area contributed by atoms with Crippen molar-refractivity contribution < 1.29 is 17.6 Å². The first-order chi connectivity index (χ1) is 7.45. The monoisotopic (exact) mass is 246 g/mol. The van der Waals surface area contributed by atoms with E-state index in [-0.39, 0.29) is 17.4 Å². The molecular weight excluding hydrogens is 232 g/mol. The van der Waals surface area contributed by atoms with Gasteiger partial charge in [-0.1, -0.05) is 0 Å². The van der Waals surface area contributed by atoms with Gasteiger partial charge in [0, 0.05) is 13.1 Å². The summed E-state index contributed by atoms with van der Waals surface area (Å²) in [6.07, 6.45) is 0.457. The summed E-state index contributed by atoms with van der Waals surface area (Å²) in [6, 6.07) is 2.56. The molecule has 0 spiro atoms. The molecule has 0 aliphatic carbocycles. The highest BCUT2D eigenvalue weighted by Crippen LogP contribution is 2.11. The molecule has 0 saturated carbocycles. The zero-order valence-corrected chi connectivity index (χ0v) is 9.95. The van der Waals surface area contributed by atoms with E-state index in [4.69, 9.17) is 4.42 Å². The molecule has 6 nitrogen and oxygen atoms in total. The molecule has 0 bridgehead atoms. The van der Waals surface area contributed by atoms with Crippen LogP contribution in [0, 0.1) is 0 Å². The Labute approximate surface area is 94.3 Å². The van der Waals surface area contributed by atoms with Crippen LogP contribution in [0.4, 0.5) is 0 Å². The molecule has 0 aromatic carbocycles. The fourth-order valence-corrected chi connectivity index (χ4v) is 1.97. The summed E-state index contributed by atoms with van der Waals surface area (Å²) in [7, 11) is 0.0305. The maximum absolute atomic E-state index is 11.6. The average molecular weight is 246 g/mol. The van der Waals surface area contributed by atoms with E-state index in [9.17, 15) is 13.2 Å². The molecule has 1 aromatic heterocycles. The second-order valence-corrected chi connectivity index (χ2v) is 5.17. The van der Waals surface area contributed by atoms with E-state index in [1.54, 1.807) is 0 Å². The Morgan fingerprint density at radius 3 is 2.62 bits per heavy atom. The topological polar surface area (TPSA) is 79.6 Å². The number of rotatable bonds is 6. The number of nitrogens with one attached hydrogen (secondary N) is 1. The largest absolute Gasteiger partial charge is 0.440 e. The number of carbonyl (C=O) groups is 1. The Morgan fingerprint density at radius 2 is 2.12 bits per heavy atom. The molecule has 16 heavy (non-hydrogen) atoms. The van der Waals surface area contributed by atoms with Crippen LogP contribution in [0.1, 0.15) is 10.6 Å². The first kappa shape index (κ1) is 12.9. The third kappa shape index (κ3) is 3.44. The van der Waals surface area contributed by atoms with Gasteiger partial charge in [-0.2, -0.15) is 0 Å². The van der Waals surface area contributed by atoms with Crippen LogP contribution >= 0.6 is 0 Å². The third-order valence-electron chi connectivity index (χ3n) is 1.83. The fourth-order valence-electron chi connectivity index (χ4n) is 1.02. The van der Waals surface area contributed by atoms with Gasteiger partial charge in [0.25, 0.3) is 10.0 Å². The van der Waals surface area contributed by atoms with Gasteiger partial charge in [0.2, 0.25) is 5.09 Å². The minimum absolute atomic E-state index is 0.00650. The lowest BCUT2D eigenvalue weighted by Crippen LogP contribution is -2.31. The van der Waals surface area contributed by atoms with Crippen molar-refractivity contribution in [1.82, 2.24) is 9.62 Å². The molecule has 0 atom stereocenters. The van der Waals surface area contributed by atoms with E-state index in [1.165, 1.54) is 12.1 Å². The van der Waals surface area contributed by atoms with Gasteiger partial charge in [-0.25, -0.2) is 13.1 Å². The molecule has 90 valence electrons. The minimum atomic E-state index is -3.65. The summed E-state index contributed by atoms with van der Waals surface area (Å²) in [5, 5.41) is -0.242. The van der Waals surface area contributed by atoms with Crippen molar-refractivity contribution in [2.45, 2.75) is 5.09 Å². The highest BCUT2D eigenvalue weighted by atomic mass is 32.2. The Morgan fingerprint density at radius 1 is 1.44 bits per heavy atom. The SMILES string of the molecule is CN(C)CCNS(=O)(=O)c1ccc(C=O)o1. The first-order valence-corrected chi connectivity index (χ1v) is 6.13. The van der Waals surface area contributed by atoms with Gasteiger partial charge in [0.05, 0.1) is 0 Å². The lowest BCUT2D eigenvalue weighted by atomic mass is 10.5. The van der Waals surface area contributed by atoms with Crippen molar-refractivity contribution in [3.63, 3.8) is 0 Å². The van der Waals surface area contributed by atoms with E-state index in [0.717, 1.165) is 0 Å². The van der Waals surface area contributed by atoms with Gasteiger partial charge in [0.15, 0.2) is 12.0 Å². The molecule has 1 aromatic rings. The van der Waals surface area contributed by atoms with Crippen LogP contribution < -0.4 is 4.72 Å². The van der Waals surface area contributed by atoms with Gasteiger partial charge < -0.3 is 9.32 Å². The van der Waals surface area contributed by atoms with Crippen LogP contribution in [0.5, 0.6) is 0 Å². The fraction of sp³-hybridized carbons (Fsp3) is 0.444. The summed E-state index contributed by atoms with van der Waals surface area (Å²) < 4.78 is 30.4. The third-order valence-corrected chi connectivity index (χ3v) is 3.17.